The maximum Gasteiger partial charge on any atom is 0.264 e. The molecular weight excluding hydrogens is 310 g/mol. The Hall–Kier alpha value is -1.82. The first-order chi connectivity index (χ1) is 10.8. The van der Waals surface area contributed by atoms with E-state index in [1.54, 1.807) is 24.5 Å². The van der Waals surface area contributed by atoms with E-state index < -0.39 is 10.0 Å². The number of aromatic nitrogens is 2. The van der Waals surface area contributed by atoms with Gasteiger partial charge in [-0.25, -0.2) is 18.1 Å². The summed E-state index contributed by atoms with van der Waals surface area (Å²) in [5.74, 6) is 1.18. The lowest BCUT2D eigenvalue weighted by Gasteiger charge is -2.13. The van der Waals surface area contributed by atoms with Gasteiger partial charge in [0, 0.05) is 18.9 Å². The topological polar surface area (TPSA) is 64.0 Å². The zero-order valence-electron chi connectivity index (χ0n) is 14.2. The molecule has 1 N–H and O–H groups in total. The molecule has 1 heterocycles. The van der Waals surface area contributed by atoms with Gasteiger partial charge in [-0.2, -0.15) is 0 Å². The zero-order valence-corrected chi connectivity index (χ0v) is 15.0. The van der Waals surface area contributed by atoms with E-state index >= 15 is 0 Å². The van der Waals surface area contributed by atoms with Crippen molar-refractivity contribution in [2.24, 2.45) is 5.92 Å². The summed E-state index contributed by atoms with van der Waals surface area (Å²) in [7, 11) is -3.62. The van der Waals surface area contributed by atoms with E-state index in [1.807, 2.05) is 16.7 Å². The molecule has 0 aliphatic carbocycles. The van der Waals surface area contributed by atoms with Crippen molar-refractivity contribution in [1.82, 2.24) is 9.55 Å². The largest absolute Gasteiger partial charge is 0.316 e. The number of sulfonamides is 1. The molecule has 0 saturated heterocycles. The van der Waals surface area contributed by atoms with E-state index in [-0.39, 0.29) is 4.90 Å². The third-order valence-corrected chi connectivity index (χ3v) is 5.22. The number of hydrogen-bond donors (Lipinski definition) is 1. The standard InChI is InChI=1S/C17H25N3O2S/c1-5-14(4)15-6-8-16(9-7-15)23(21,22)19-17-18-10-11-20(17)12-13(2)3/h6-11,13-14H,5,12H2,1-4H3,(H,18,19). The lowest BCUT2D eigenvalue weighted by atomic mass is 9.99. The molecule has 5 nitrogen and oxygen atoms in total. The molecule has 2 rings (SSSR count). The van der Waals surface area contributed by atoms with Crippen molar-refractivity contribution in [3.05, 3.63) is 42.2 Å². The second-order valence-electron chi connectivity index (χ2n) is 6.28. The van der Waals surface area contributed by atoms with Gasteiger partial charge in [0.15, 0.2) is 0 Å². The SMILES string of the molecule is CCC(C)c1ccc(S(=O)(=O)Nc2nccn2CC(C)C)cc1. The summed E-state index contributed by atoms with van der Waals surface area (Å²) in [5.41, 5.74) is 1.15. The highest BCUT2D eigenvalue weighted by Gasteiger charge is 2.17. The van der Waals surface area contributed by atoms with Gasteiger partial charge < -0.3 is 4.57 Å². The van der Waals surface area contributed by atoms with Crippen molar-refractivity contribution in [2.45, 2.75) is 51.5 Å². The van der Waals surface area contributed by atoms with E-state index in [1.165, 1.54) is 0 Å². The molecule has 1 aromatic heterocycles. The molecule has 126 valence electrons. The van der Waals surface area contributed by atoms with E-state index in [0.717, 1.165) is 12.0 Å². The van der Waals surface area contributed by atoms with Crippen LogP contribution in [0.3, 0.4) is 0 Å². The van der Waals surface area contributed by atoms with Crippen LogP contribution in [0.25, 0.3) is 0 Å². The van der Waals surface area contributed by atoms with Crippen molar-refractivity contribution in [3.8, 4) is 0 Å². The highest BCUT2D eigenvalue weighted by Crippen LogP contribution is 2.21. The van der Waals surface area contributed by atoms with Crippen LogP contribution in [-0.4, -0.2) is 18.0 Å². The van der Waals surface area contributed by atoms with Gasteiger partial charge in [-0.15, -0.1) is 0 Å². The van der Waals surface area contributed by atoms with Gasteiger partial charge in [0.2, 0.25) is 5.95 Å². The second-order valence-corrected chi connectivity index (χ2v) is 7.96. The van der Waals surface area contributed by atoms with Crippen LogP contribution in [-0.2, 0) is 16.6 Å². The van der Waals surface area contributed by atoms with Gasteiger partial charge >= 0.3 is 0 Å². The average molecular weight is 335 g/mol. The van der Waals surface area contributed by atoms with Gasteiger partial charge in [0.1, 0.15) is 0 Å². The number of benzene rings is 1. The lowest BCUT2D eigenvalue weighted by Crippen LogP contribution is -2.17. The minimum Gasteiger partial charge on any atom is -0.316 e. The molecular formula is C17H25N3O2S. The highest BCUT2D eigenvalue weighted by atomic mass is 32.2. The van der Waals surface area contributed by atoms with Crippen LogP contribution in [0.4, 0.5) is 5.95 Å². The molecule has 0 radical (unpaired) electrons. The summed E-state index contributed by atoms with van der Waals surface area (Å²) in [6.45, 7) is 9.11. The van der Waals surface area contributed by atoms with Crippen molar-refractivity contribution >= 4 is 16.0 Å². The number of nitrogens with zero attached hydrogens (tertiary/aromatic N) is 2. The fourth-order valence-corrected chi connectivity index (χ4v) is 3.37. The average Bonchev–Trinajstić information content (AvgIpc) is 2.92. The van der Waals surface area contributed by atoms with Gasteiger partial charge in [-0.05, 0) is 36.0 Å². The van der Waals surface area contributed by atoms with Crippen LogP contribution in [0, 0.1) is 5.92 Å². The van der Waals surface area contributed by atoms with Crippen LogP contribution in [0.5, 0.6) is 0 Å². The smallest absolute Gasteiger partial charge is 0.264 e. The number of nitrogens with one attached hydrogen (secondary N) is 1. The highest BCUT2D eigenvalue weighted by molar-refractivity contribution is 7.92. The number of hydrogen-bond acceptors (Lipinski definition) is 3. The minimum atomic E-state index is -3.62. The molecule has 0 fully saturated rings. The summed E-state index contributed by atoms with van der Waals surface area (Å²) in [6.07, 6.45) is 4.41. The molecule has 1 atom stereocenters. The Morgan fingerprint density at radius 2 is 1.83 bits per heavy atom. The minimum absolute atomic E-state index is 0.253. The Labute approximate surface area is 138 Å². The quantitative estimate of drug-likeness (QED) is 0.836. The summed E-state index contributed by atoms with van der Waals surface area (Å²) in [6, 6.07) is 7.06. The van der Waals surface area contributed by atoms with Gasteiger partial charge in [-0.3, -0.25) is 0 Å². The molecule has 1 unspecified atom stereocenters. The molecule has 1 aromatic carbocycles. The molecule has 2 aromatic rings. The predicted molar refractivity (Wildman–Crippen MR) is 93.0 cm³/mol. The molecule has 6 heteroatoms. The maximum atomic E-state index is 12.5. The van der Waals surface area contributed by atoms with E-state index in [9.17, 15) is 8.42 Å². The number of imidazole rings is 1. The van der Waals surface area contributed by atoms with Crippen molar-refractivity contribution < 1.29 is 8.42 Å². The van der Waals surface area contributed by atoms with Gasteiger partial charge in [-0.1, -0.05) is 39.8 Å². The molecule has 0 bridgehead atoms. The molecule has 0 aliphatic rings. The molecule has 0 amide bonds. The molecule has 0 spiro atoms. The number of rotatable bonds is 7. The van der Waals surface area contributed by atoms with Crippen LogP contribution < -0.4 is 4.72 Å². The first kappa shape index (κ1) is 17.5. The lowest BCUT2D eigenvalue weighted by molar-refractivity contribution is 0.527. The second kappa shape index (κ2) is 7.17. The summed E-state index contributed by atoms with van der Waals surface area (Å²) in [5, 5.41) is 0. The first-order valence-corrected chi connectivity index (χ1v) is 9.45. The Morgan fingerprint density at radius 3 is 2.39 bits per heavy atom. The summed E-state index contributed by atoms with van der Waals surface area (Å²) < 4.78 is 29.4. The Kier molecular flexibility index (Phi) is 5.46. The zero-order chi connectivity index (χ0) is 17.0. The molecule has 0 aliphatic heterocycles. The Morgan fingerprint density at radius 1 is 1.17 bits per heavy atom. The van der Waals surface area contributed by atoms with Crippen molar-refractivity contribution in [3.63, 3.8) is 0 Å². The summed E-state index contributed by atoms with van der Waals surface area (Å²) in [4.78, 5) is 4.37. The van der Waals surface area contributed by atoms with E-state index in [0.29, 0.717) is 24.3 Å². The monoisotopic (exact) mass is 335 g/mol. The first-order valence-electron chi connectivity index (χ1n) is 7.97. The van der Waals surface area contributed by atoms with E-state index in [2.05, 4.69) is 37.4 Å². The predicted octanol–water partition coefficient (Wildman–Crippen LogP) is 3.85. The number of anilines is 1. The van der Waals surface area contributed by atoms with Gasteiger partial charge in [0.05, 0.1) is 4.90 Å². The summed E-state index contributed by atoms with van der Waals surface area (Å²) >= 11 is 0. The molecule has 23 heavy (non-hydrogen) atoms. The van der Waals surface area contributed by atoms with Crippen LogP contribution in [0.2, 0.25) is 0 Å². The fourth-order valence-electron chi connectivity index (χ4n) is 2.35. The third-order valence-electron chi connectivity index (χ3n) is 3.87. The maximum absolute atomic E-state index is 12.5. The molecule has 0 saturated carbocycles. The Bertz CT molecular complexity index is 733. The van der Waals surface area contributed by atoms with Crippen LogP contribution in [0.15, 0.2) is 41.6 Å². The third kappa shape index (κ3) is 4.34. The van der Waals surface area contributed by atoms with Crippen LogP contribution >= 0.6 is 0 Å². The van der Waals surface area contributed by atoms with Gasteiger partial charge in [0.25, 0.3) is 10.0 Å². The fraction of sp³-hybridized carbons (Fsp3) is 0.471. The Balaban J connectivity index is 2.21. The normalized spacial score (nSPS) is 13.3. The van der Waals surface area contributed by atoms with E-state index in [4.69, 9.17) is 0 Å². The van der Waals surface area contributed by atoms with Crippen molar-refractivity contribution in [1.29, 1.82) is 0 Å². The van der Waals surface area contributed by atoms with Crippen molar-refractivity contribution in [2.75, 3.05) is 4.72 Å². The van der Waals surface area contributed by atoms with Crippen LogP contribution in [0.1, 0.15) is 45.6 Å².